The summed E-state index contributed by atoms with van der Waals surface area (Å²) in [6.45, 7) is 1.91. The number of nitrogens with zero attached hydrogens (tertiary/aromatic N) is 3. The summed E-state index contributed by atoms with van der Waals surface area (Å²) in [7, 11) is 0. The molecule has 1 aliphatic heterocycles. The van der Waals surface area contributed by atoms with E-state index in [1.54, 1.807) is 49.4 Å². The van der Waals surface area contributed by atoms with Gasteiger partial charge in [-0.2, -0.15) is 0 Å². The van der Waals surface area contributed by atoms with Crippen LogP contribution in [0.2, 0.25) is 5.02 Å². The largest absolute Gasteiger partial charge is 0.490 e. The SMILES string of the molecule is Cc1nc2cccc(NC(=O)c3ccc(=O)n(CCOc4ccccc4Cl)c3)c2c(=O)n1C1CCC(=O)NC1=O. The lowest BCUT2D eigenvalue weighted by Crippen LogP contribution is -2.45. The molecule has 3 heterocycles. The Kier molecular flexibility index (Phi) is 7.47. The quantitative estimate of drug-likeness (QED) is 0.330. The molecule has 5 rings (SSSR count). The van der Waals surface area contributed by atoms with Gasteiger partial charge in [0.25, 0.3) is 17.0 Å². The number of benzene rings is 2. The lowest BCUT2D eigenvalue weighted by molar-refractivity contribution is -0.135. The van der Waals surface area contributed by atoms with E-state index in [4.69, 9.17) is 16.3 Å². The van der Waals surface area contributed by atoms with Gasteiger partial charge in [0.15, 0.2) is 0 Å². The third-order valence-corrected chi connectivity index (χ3v) is 6.86. The number of amides is 3. The van der Waals surface area contributed by atoms with Crippen LogP contribution in [-0.4, -0.2) is 38.4 Å². The number of pyridine rings is 1. The van der Waals surface area contributed by atoms with Gasteiger partial charge >= 0.3 is 0 Å². The zero-order chi connectivity index (χ0) is 28.4. The van der Waals surface area contributed by atoms with Crippen molar-refractivity contribution in [3.63, 3.8) is 0 Å². The highest BCUT2D eigenvalue weighted by atomic mass is 35.5. The van der Waals surface area contributed by atoms with E-state index in [9.17, 15) is 24.0 Å². The molecule has 0 saturated carbocycles. The van der Waals surface area contributed by atoms with Gasteiger partial charge in [-0.05, 0) is 43.7 Å². The van der Waals surface area contributed by atoms with Gasteiger partial charge in [-0.25, -0.2) is 4.98 Å². The average molecular weight is 562 g/mol. The monoisotopic (exact) mass is 561 g/mol. The summed E-state index contributed by atoms with van der Waals surface area (Å²) in [5, 5.41) is 5.55. The number of rotatable bonds is 7. The summed E-state index contributed by atoms with van der Waals surface area (Å²) >= 11 is 6.10. The number of para-hydroxylation sites is 1. The number of aryl methyl sites for hydroxylation is 1. The van der Waals surface area contributed by atoms with Crippen molar-refractivity contribution in [2.24, 2.45) is 0 Å². The molecule has 0 spiro atoms. The van der Waals surface area contributed by atoms with E-state index >= 15 is 0 Å². The topological polar surface area (TPSA) is 141 Å². The number of aromatic nitrogens is 3. The fraction of sp³-hybridized carbons (Fsp3) is 0.214. The molecule has 0 bridgehead atoms. The van der Waals surface area contributed by atoms with E-state index in [0.717, 1.165) is 0 Å². The Hall–Kier alpha value is -4.77. The van der Waals surface area contributed by atoms with Crippen LogP contribution in [0.4, 0.5) is 5.69 Å². The number of hydrogen-bond donors (Lipinski definition) is 2. The first-order valence-corrected chi connectivity index (χ1v) is 12.9. The number of ether oxygens (including phenoxy) is 1. The van der Waals surface area contributed by atoms with Gasteiger partial charge in [-0.1, -0.05) is 29.8 Å². The van der Waals surface area contributed by atoms with Crippen molar-refractivity contribution >= 4 is 45.9 Å². The van der Waals surface area contributed by atoms with Gasteiger partial charge in [0, 0.05) is 18.7 Å². The number of piperidine rings is 1. The molecule has 3 amide bonds. The third-order valence-electron chi connectivity index (χ3n) is 6.55. The normalized spacial score (nSPS) is 15.1. The predicted octanol–water partition coefficient (Wildman–Crippen LogP) is 2.83. The second kappa shape index (κ2) is 11.1. The van der Waals surface area contributed by atoms with Crippen LogP contribution >= 0.6 is 11.6 Å². The Morgan fingerprint density at radius 2 is 1.90 bits per heavy atom. The van der Waals surface area contributed by atoms with E-state index < -0.39 is 29.3 Å². The maximum atomic E-state index is 13.6. The summed E-state index contributed by atoms with van der Waals surface area (Å²) in [5.74, 6) is -0.744. The van der Waals surface area contributed by atoms with E-state index in [2.05, 4.69) is 15.6 Å². The molecule has 2 N–H and O–H groups in total. The van der Waals surface area contributed by atoms with E-state index in [1.807, 2.05) is 0 Å². The molecule has 204 valence electrons. The first-order valence-electron chi connectivity index (χ1n) is 12.5. The van der Waals surface area contributed by atoms with Gasteiger partial charge in [0.1, 0.15) is 24.2 Å². The molecule has 2 aromatic carbocycles. The Morgan fingerprint density at radius 1 is 1.10 bits per heavy atom. The van der Waals surface area contributed by atoms with Gasteiger partial charge in [0.2, 0.25) is 11.8 Å². The Morgan fingerprint density at radius 3 is 2.67 bits per heavy atom. The molecule has 1 fully saturated rings. The molecule has 11 nitrogen and oxygen atoms in total. The van der Waals surface area contributed by atoms with Crippen LogP contribution in [0.25, 0.3) is 10.9 Å². The maximum Gasteiger partial charge on any atom is 0.264 e. The lowest BCUT2D eigenvalue weighted by atomic mass is 10.1. The molecule has 40 heavy (non-hydrogen) atoms. The maximum absolute atomic E-state index is 13.6. The number of anilines is 1. The van der Waals surface area contributed by atoms with Crippen LogP contribution in [0.5, 0.6) is 5.75 Å². The minimum atomic E-state index is -0.901. The Bertz CT molecular complexity index is 1780. The average Bonchev–Trinajstić information content (AvgIpc) is 2.91. The molecule has 1 unspecified atom stereocenters. The first kappa shape index (κ1) is 26.8. The van der Waals surface area contributed by atoms with Crippen molar-refractivity contribution in [2.45, 2.75) is 32.4 Å². The van der Waals surface area contributed by atoms with Crippen molar-refractivity contribution in [1.29, 1.82) is 0 Å². The Labute approximate surface area is 232 Å². The van der Waals surface area contributed by atoms with Gasteiger partial charge in [-0.3, -0.25) is 33.9 Å². The summed E-state index contributed by atoms with van der Waals surface area (Å²) in [6, 6.07) is 13.6. The summed E-state index contributed by atoms with van der Waals surface area (Å²) in [5.41, 5.74) is -0.128. The van der Waals surface area contributed by atoms with Crippen molar-refractivity contribution in [3.05, 3.63) is 97.9 Å². The highest BCUT2D eigenvalue weighted by molar-refractivity contribution is 6.32. The second-order valence-corrected chi connectivity index (χ2v) is 9.59. The fourth-order valence-corrected chi connectivity index (χ4v) is 4.79. The third kappa shape index (κ3) is 5.36. The van der Waals surface area contributed by atoms with Crippen LogP contribution in [-0.2, 0) is 16.1 Å². The zero-order valence-corrected chi connectivity index (χ0v) is 22.1. The molecule has 1 atom stereocenters. The number of carbonyl (C=O) groups excluding carboxylic acids is 3. The van der Waals surface area contributed by atoms with E-state index in [0.29, 0.717) is 22.1 Å². The molecule has 0 aliphatic carbocycles. The second-order valence-electron chi connectivity index (χ2n) is 9.18. The molecule has 1 aliphatic rings. The van der Waals surface area contributed by atoms with Crippen molar-refractivity contribution in [2.75, 3.05) is 11.9 Å². The smallest absolute Gasteiger partial charge is 0.264 e. The van der Waals surface area contributed by atoms with Crippen molar-refractivity contribution < 1.29 is 19.1 Å². The molecule has 12 heteroatoms. The van der Waals surface area contributed by atoms with Crippen LogP contribution in [0.1, 0.15) is 35.1 Å². The molecule has 0 radical (unpaired) electrons. The van der Waals surface area contributed by atoms with Crippen LogP contribution < -0.4 is 26.5 Å². The fourth-order valence-electron chi connectivity index (χ4n) is 4.60. The van der Waals surface area contributed by atoms with E-state index in [-0.39, 0.29) is 48.2 Å². The van der Waals surface area contributed by atoms with Crippen LogP contribution in [0, 0.1) is 6.92 Å². The predicted molar refractivity (Wildman–Crippen MR) is 148 cm³/mol. The standard InChI is InChI=1S/C28H24ClN5O6/c1-16-30-19-6-4-7-20(25(19)28(39)34(16)21-10-11-23(35)32-27(21)38)31-26(37)17-9-12-24(36)33(15-17)13-14-40-22-8-3-2-5-18(22)29/h2-9,12,15,21H,10-11,13-14H2,1H3,(H,31,37)(H,32,35,38). The number of fused-ring (bicyclic) bond motifs is 1. The van der Waals surface area contributed by atoms with Gasteiger partial charge in [-0.15, -0.1) is 0 Å². The number of halogens is 1. The summed E-state index contributed by atoms with van der Waals surface area (Å²) in [4.78, 5) is 67.8. The highest BCUT2D eigenvalue weighted by Gasteiger charge is 2.31. The van der Waals surface area contributed by atoms with Gasteiger partial charge < -0.3 is 14.6 Å². The first-order chi connectivity index (χ1) is 19.2. The van der Waals surface area contributed by atoms with Gasteiger partial charge in [0.05, 0.1) is 33.7 Å². The summed E-state index contributed by atoms with van der Waals surface area (Å²) < 4.78 is 8.25. The minimum absolute atomic E-state index is 0.0951. The molecular formula is C28H24ClN5O6. The number of nitrogens with one attached hydrogen (secondary N) is 2. The molecule has 4 aromatic rings. The van der Waals surface area contributed by atoms with Crippen LogP contribution in [0.3, 0.4) is 0 Å². The van der Waals surface area contributed by atoms with E-state index in [1.165, 1.54) is 27.5 Å². The van der Waals surface area contributed by atoms with Crippen LogP contribution in [0.15, 0.2) is 70.4 Å². The van der Waals surface area contributed by atoms with Crippen molar-refractivity contribution in [3.8, 4) is 5.75 Å². The number of hydrogen-bond acceptors (Lipinski definition) is 7. The minimum Gasteiger partial charge on any atom is -0.490 e. The number of imide groups is 1. The highest BCUT2D eigenvalue weighted by Crippen LogP contribution is 2.24. The number of carbonyl (C=O) groups is 3. The van der Waals surface area contributed by atoms with Crippen molar-refractivity contribution in [1.82, 2.24) is 19.4 Å². The Balaban J connectivity index is 1.41. The molecule has 2 aromatic heterocycles. The molecule has 1 saturated heterocycles. The molecular weight excluding hydrogens is 538 g/mol. The zero-order valence-electron chi connectivity index (χ0n) is 21.3. The lowest BCUT2D eigenvalue weighted by Gasteiger charge is -2.24. The summed E-state index contributed by atoms with van der Waals surface area (Å²) in [6.07, 6.45) is 1.66.